The molecular formula is C91H109N10O21Y2-. The number of methoxy groups -OCH3 is 5. The number of amides is 5. The molecule has 13 heterocycles. The molecule has 0 saturated carbocycles. The van der Waals surface area contributed by atoms with Crippen molar-refractivity contribution in [2.75, 3.05) is 138 Å². The maximum atomic E-state index is 14.1. The predicted molar refractivity (Wildman–Crippen MR) is 455 cm³/mol. The number of aliphatic imine (C=N–C) groups is 2. The van der Waals surface area contributed by atoms with Crippen LogP contribution in [0.3, 0.4) is 0 Å². The van der Waals surface area contributed by atoms with Crippen LogP contribution >= 0.6 is 0 Å². The summed E-state index contributed by atoms with van der Waals surface area (Å²) in [6, 6.07) is 15.9. The van der Waals surface area contributed by atoms with Crippen molar-refractivity contribution >= 4 is 70.4 Å². The van der Waals surface area contributed by atoms with Crippen molar-refractivity contribution in [1.82, 2.24) is 24.5 Å². The molecule has 0 bridgehead atoms. The van der Waals surface area contributed by atoms with Gasteiger partial charge in [0.05, 0.1) is 122 Å². The van der Waals surface area contributed by atoms with Crippen molar-refractivity contribution < 1.29 is 166 Å². The van der Waals surface area contributed by atoms with Gasteiger partial charge in [-0.3, -0.25) is 34.0 Å². The van der Waals surface area contributed by atoms with Gasteiger partial charge in [-0.1, -0.05) is 60.8 Å². The Balaban J connectivity index is 0.000000168. The summed E-state index contributed by atoms with van der Waals surface area (Å²) in [5.74, 6) is 2.67. The zero-order valence-corrected chi connectivity index (χ0v) is 77.7. The molecule has 13 aliphatic rings. The topological polar surface area (TPSA) is 295 Å². The third kappa shape index (κ3) is 18.7. The number of phenols is 1. The Labute approximate surface area is 773 Å². The number of rotatable bonds is 19. The van der Waals surface area contributed by atoms with Gasteiger partial charge in [0.15, 0.2) is 95.0 Å². The number of benzene rings is 5. The third-order valence-electron chi connectivity index (χ3n) is 24.5. The van der Waals surface area contributed by atoms with E-state index in [-0.39, 0.29) is 183 Å². The van der Waals surface area contributed by atoms with Gasteiger partial charge in [0, 0.05) is 182 Å². The fraction of sp³-hybridized carbons (Fsp3) is 0.473. The van der Waals surface area contributed by atoms with Crippen molar-refractivity contribution in [1.29, 1.82) is 0 Å². The monoisotopic (exact) mass is 1860 g/mol. The minimum Gasteiger partial charge on any atom is -0.504 e. The van der Waals surface area contributed by atoms with E-state index in [1.807, 2.05) is 50.5 Å². The molecule has 0 aliphatic carbocycles. The second kappa shape index (κ2) is 39.8. The molecule has 656 valence electrons. The van der Waals surface area contributed by atoms with Crippen LogP contribution in [-0.2, 0) is 93.8 Å². The number of carbonyl (C=O) groups is 5. The van der Waals surface area contributed by atoms with E-state index in [2.05, 4.69) is 42.9 Å². The van der Waals surface area contributed by atoms with Crippen LogP contribution in [0.4, 0.5) is 28.4 Å². The maximum Gasteiger partial charge on any atom is 0.257 e. The molecule has 33 heteroatoms. The molecule has 1 N–H and O–H groups in total. The third-order valence-corrected chi connectivity index (χ3v) is 24.5. The van der Waals surface area contributed by atoms with Crippen molar-refractivity contribution in [3.8, 4) is 57.5 Å². The normalized spacial score (nSPS) is 25.1. The Bertz CT molecular complexity index is 4770. The van der Waals surface area contributed by atoms with E-state index in [0.717, 1.165) is 85.7 Å². The Kier molecular flexibility index (Phi) is 29.7. The van der Waals surface area contributed by atoms with E-state index < -0.39 is 12.5 Å². The number of likely N-dealkylation sites (N-methyl/N-ethyl adjacent to an activating group) is 3. The number of ether oxygens (including phenoxy) is 15. The molecule has 0 aromatic heterocycles. The van der Waals surface area contributed by atoms with Crippen LogP contribution in [-0.4, -0.2) is 262 Å². The number of phenolic OH excluding ortho intramolecular Hbond substituents is 1. The summed E-state index contributed by atoms with van der Waals surface area (Å²) >= 11 is 0. The average molecular weight is 1860 g/mol. The number of aromatic hydroxyl groups is 1. The quantitative estimate of drug-likeness (QED) is 0.0456. The number of anilines is 3. The minimum absolute atomic E-state index is 0. The van der Waals surface area contributed by atoms with Gasteiger partial charge in [0.1, 0.15) is 0 Å². The summed E-state index contributed by atoms with van der Waals surface area (Å²) < 4.78 is 89.3. The fourth-order valence-electron chi connectivity index (χ4n) is 18.3. The van der Waals surface area contributed by atoms with Gasteiger partial charge in [-0.05, 0) is 120 Å². The summed E-state index contributed by atoms with van der Waals surface area (Å²) in [6.45, 7) is 24.5. The number of carbonyl (C=O) groups excluding carboxylic acids is 5. The molecule has 31 nitrogen and oxygen atoms in total. The minimum atomic E-state index is -0.472. The number of hydrogen-bond donors (Lipinski definition) is 1. The van der Waals surface area contributed by atoms with E-state index >= 15 is 0 Å². The van der Waals surface area contributed by atoms with Crippen LogP contribution in [0.1, 0.15) is 142 Å². The van der Waals surface area contributed by atoms with Crippen LogP contribution in [0, 0.1) is 7.43 Å². The SMILES string of the molecule is C=C1C[C@H]2C=Nc3cc(OCOc4cc5c(cc4OC)C(=O)N4CC(=C)C[C@H]4C=N5)c(OC)cc3C(=O)N2C1.C=C1C[C@H]2[C@H](OC3CCCCO3)N(C)c3cc(O)c(OC)cc3C(=O)N2C1.C=C1C[C@H]2[C@H](OC3CCCCO3)N(C)c3cc(OCOc4cc5c(cc4OC)C(=O)N4CC(=C)C[C@H]4[C@H](OC4CCCCO4)N5C)c(OC)cc3C(=O)N2C1.[CH3-].[Y].[Y]. The first-order valence-electron chi connectivity index (χ1n) is 41.3. The Morgan fingerprint density at radius 1 is 0.371 bits per heavy atom. The van der Waals surface area contributed by atoms with E-state index in [9.17, 15) is 29.1 Å². The average Bonchev–Trinajstić information content (AvgIpc) is 1.62. The summed E-state index contributed by atoms with van der Waals surface area (Å²) in [7, 11) is 13.3. The van der Waals surface area contributed by atoms with E-state index in [1.165, 1.54) is 35.5 Å². The second-order valence-corrected chi connectivity index (χ2v) is 32.6. The predicted octanol–water partition coefficient (Wildman–Crippen LogP) is 12.3. The molecule has 13 aliphatic heterocycles. The van der Waals surface area contributed by atoms with Gasteiger partial charge in [-0.2, -0.15) is 0 Å². The fourth-order valence-corrected chi connectivity index (χ4v) is 18.3. The number of nitrogens with zero attached hydrogens (tertiary/aromatic N) is 10. The van der Waals surface area contributed by atoms with E-state index in [1.54, 1.807) is 82.9 Å². The molecule has 0 spiro atoms. The van der Waals surface area contributed by atoms with Crippen molar-refractivity contribution in [2.24, 2.45) is 9.98 Å². The van der Waals surface area contributed by atoms with Crippen molar-refractivity contribution in [2.45, 2.75) is 158 Å². The van der Waals surface area contributed by atoms with Gasteiger partial charge in [-0.15, -0.1) is 0 Å². The molecule has 5 aromatic carbocycles. The molecule has 5 aromatic rings. The summed E-state index contributed by atoms with van der Waals surface area (Å²) in [5.41, 5.74) is 10.2. The molecule has 3 unspecified atom stereocenters. The zero-order chi connectivity index (χ0) is 84.8. The summed E-state index contributed by atoms with van der Waals surface area (Å²) in [6.07, 6.45) is 13.1. The number of hydrogen-bond acceptors (Lipinski definition) is 26. The zero-order valence-electron chi connectivity index (χ0n) is 72.0. The molecular weight excluding hydrogens is 1750 g/mol. The van der Waals surface area contributed by atoms with Crippen LogP contribution in [0.25, 0.3) is 0 Å². The summed E-state index contributed by atoms with van der Waals surface area (Å²) in [4.78, 5) is 91.8. The Hall–Kier alpha value is -9.14. The van der Waals surface area contributed by atoms with Crippen LogP contribution in [0.15, 0.2) is 131 Å². The smallest absolute Gasteiger partial charge is 0.257 e. The van der Waals surface area contributed by atoms with Crippen molar-refractivity contribution in [3.05, 3.63) is 157 Å². The first-order chi connectivity index (χ1) is 58.5. The molecule has 11 atom stereocenters. The molecule has 5 amide bonds. The second-order valence-electron chi connectivity index (χ2n) is 32.6. The largest absolute Gasteiger partial charge is 0.504 e. The van der Waals surface area contributed by atoms with Crippen LogP contribution in [0.2, 0.25) is 0 Å². The Morgan fingerprint density at radius 2 is 0.653 bits per heavy atom. The van der Waals surface area contributed by atoms with E-state index in [0.29, 0.717) is 187 Å². The van der Waals surface area contributed by atoms with E-state index in [4.69, 9.17) is 71.1 Å². The van der Waals surface area contributed by atoms with Gasteiger partial charge in [0.2, 0.25) is 13.6 Å². The van der Waals surface area contributed by atoms with Gasteiger partial charge in [-0.25, -0.2) is 0 Å². The molecule has 2 radical (unpaired) electrons. The first kappa shape index (κ1) is 92.5. The van der Waals surface area contributed by atoms with Crippen LogP contribution in [0.5, 0.6) is 57.5 Å². The standard InChI is InChI=1S/C41H52N4O10.C29H28N4O6.C20H26N2O5.CH3.2Y/c1-24-15-30-40(54-36-11-7-9-13-50-36)42(3)28-19-34(32(48-5)17-26(28)38(46)44(30)21-24)52-23-53-35-20-29-27(18-33(35)49-6)39(47)45-22-25(2)16-31(45)41(43(29)4)55-37-12-8-10-14-51-37;1-16-5-18-11-30-22-9-26(24(36-3)7-20(22)28(34)32(18)13-16)38-15-39-27-10-23-21(8-25(27)37-4)29(35)33-14-17(2)6-19(33)12-31-23;1-12-8-15-20(27-18-6-4-5-7-26-18)21(2)14-10-16(23)17(25-3)9-13(14)19(24)22(15)11-12;;;/h17-20,30-31,36-37,40-41H,1-2,7-16,21-23H2,3-6H3;7-12,18-19H,1-2,5-6,13-15H2,3-4H3;9-10,15,18,20,23H,1,4-8,11H2,2-3H3;1H3;;/q;;;-1;;/t30-,31-,36?,37?,40-,41-;18-,19-;15-,18?,20-;;;/m000.../s1. The number of fused-ring (bicyclic) bond motifs is 10. The Morgan fingerprint density at radius 3 is 0.968 bits per heavy atom. The van der Waals surface area contributed by atoms with Gasteiger partial charge >= 0.3 is 0 Å². The molecule has 8 fully saturated rings. The molecule has 18 rings (SSSR count). The summed E-state index contributed by atoms with van der Waals surface area (Å²) in [5, 5.41) is 10.3. The van der Waals surface area contributed by atoms with Crippen molar-refractivity contribution in [3.63, 3.8) is 0 Å². The molecule has 8 saturated heterocycles. The maximum absolute atomic E-state index is 14.1. The first-order valence-corrected chi connectivity index (χ1v) is 41.3. The van der Waals surface area contributed by atoms with Crippen LogP contribution < -0.4 is 57.3 Å². The van der Waals surface area contributed by atoms with Gasteiger partial charge < -0.3 is 123 Å². The molecule has 124 heavy (non-hydrogen) atoms. The van der Waals surface area contributed by atoms with Gasteiger partial charge in [0.25, 0.3) is 29.5 Å².